The summed E-state index contributed by atoms with van der Waals surface area (Å²) in [6.45, 7) is 3.46. The first-order chi connectivity index (χ1) is 11.2. The van der Waals surface area contributed by atoms with Crippen molar-refractivity contribution in [2.45, 2.75) is 38.1 Å². The molecule has 2 aromatic rings. The number of likely N-dealkylation sites (tertiary alicyclic amines) is 1. The SMILES string of the molecule is Cc1cnn(C2CCN(C(=O)Nc3ccc(C4CC4)cn3)C2)c1. The highest BCUT2D eigenvalue weighted by atomic mass is 16.2. The van der Waals surface area contributed by atoms with E-state index in [2.05, 4.69) is 21.5 Å². The fourth-order valence-corrected chi connectivity index (χ4v) is 3.10. The van der Waals surface area contributed by atoms with Crippen LogP contribution in [0.2, 0.25) is 0 Å². The van der Waals surface area contributed by atoms with E-state index in [1.165, 1.54) is 18.4 Å². The minimum absolute atomic E-state index is 0.0805. The highest BCUT2D eigenvalue weighted by Crippen LogP contribution is 2.39. The van der Waals surface area contributed by atoms with Gasteiger partial charge in [0.2, 0.25) is 0 Å². The summed E-state index contributed by atoms with van der Waals surface area (Å²) in [5.41, 5.74) is 2.42. The lowest BCUT2D eigenvalue weighted by Gasteiger charge is -2.17. The summed E-state index contributed by atoms with van der Waals surface area (Å²) in [5.74, 6) is 1.31. The van der Waals surface area contributed by atoms with Crippen LogP contribution in [0, 0.1) is 6.92 Å². The number of rotatable bonds is 3. The molecule has 0 radical (unpaired) electrons. The van der Waals surface area contributed by atoms with Crippen LogP contribution >= 0.6 is 0 Å². The van der Waals surface area contributed by atoms with E-state index in [1.807, 2.05) is 41.2 Å². The summed E-state index contributed by atoms with van der Waals surface area (Å²) in [4.78, 5) is 18.6. The number of aromatic nitrogens is 3. The minimum Gasteiger partial charge on any atom is -0.322 e. The smallest absolute Gasteiger partial charge is 0.322 e. The predicted octanol–water partition coefficient (Wildman–Crippen LogP) is 2.94. The Morgan fingerprint density at radius 1 is 1.26 bits per heavy atom. The number of aryl methyl sites for hydroxylation is 1. The van der Waals surface area contributed by atoms with Crippen molar-refractivity contribution in [1.82, 2.24) is 19.7 Å². The number of carbonyl (C=O) groups is 1. The number of nitrogens with one attached hydrogen (secondary N) is 1. The Bertz CT molecular complexity index is 704. The molecule has 3 heterocycles. The van der Waals surface area contributed by atoms with E-state index in [9.17, 15) is 4.79 Å². The Balaban J connectivity index is 1.35. The van der Waals surface area contributed by atoms with Crippen molar-refractivity contribution >= 4 is 11.8 Å². The Morgan fingerprint density at radius 3 is 2.78 bits per heavy atom. The molecule has 2 aliphatic rings. The third-order valence-corrected chi connectivity index (χ3v) is 4.63. The lowest BCUT2D eigenvalue weighted by molar-refractivity contribution is 0.220. The van der Waals surface area contributed by atoms with E-state index in [-0.39, 0.29) is 12.1 Å². The molecular weight excluding hydrogens is 290 g/mol. The fraction of sp³-hybridized carbons (Fsp3) is 0.471. The first-order valence-electron chi connectivity index (χ1n) is 8.21. The molecule has 1 atom stereocenters. The monoisotopic (exact) mass is 311 g/mol. The molecule has 23 heavy (non-hydrogen) atoms. The fourth-order valence-electron chi connectivity index (χ4n) is 3.10. The molecule has 0 bridgehead atoms. The summed E-state index contributed by atoms with van der Waals surface area (Å²) in [7, 11) is 0. The van der Waals surface area contributed by atoms with Crippen molar-refractivity contribution in [2.24, 2.45) is 0 Å². The summed E-state index contributed by atoms with van der Waals surface area (Å²) in [6, 6.07) is 4.15. The van der Waals surface area contributed by atoms with Gasteiger partial charge in [-0.1, -0.05) is 6.07 Å². The zero-order chi connectivity index (χ0) is 15.8. The van der Waals surface area contributed by atoms with E-state index in [0.29, 0.717) is 18.3 Å². The standard InChI is InChI=1S/C17H21N5O/c1-12-8-19-22(10-12)15-6-7-21(11-15)17(23)20-16-5-4-14(9-18-16)13-2-3-13/h4-5,8-10,13,15H,2-3,6-7,11H2,1H3,(H,18,20,23). The lowest BCUT2D eigenvalue weighted by atomic mass is 10.2. The maximum absolute atomic E-state index is 12.4. The second kappa shape index (κ2) is 5.68. The molecule has 120 valence electrons. The first kappa shape index (κ1) is 14.2. The van der Waals surface area contributed by atoms with Crippen LogP contribution in [0.3, 0.4) is 0 Å². The van der Waals surface area contributed by atoms with Crippen molar-refractivity contribution in [2.75, 3.05) is 18.4 Å². The number of nitrogens with zero attached hydrogens (tertiary/aromatic N) is 4. The van der Waals surface area contributed by atoms with Gasteiger partial charge in [0, 0.05) is 25.5 Å². The molecule has 0 spiro atoms. The lowest BCUT2D eigenvalue weighted by Crippen LogP contribution is -2.33. The Morgan fingerprint density at radius 2 is 2.13 bits per heavy atom. The van der Waals surface area contributed by atoms with Gasteiger partial charge in [-0.25, -0.2) is 9.78 Å². The number of hydrogen-bond acceptors (Lipinski definition) is 3. The zero-order valence-corrected chi connectivity index (χ0v) is 13.3. The molecule has 4 rings (SSSR count). The molecule has 1 N–H and O–H groups in total. The van der Waals surface area contributed by atoms with E-state index < -0.39 is 0 Å². The Labute approximate surface area is 135 Å². The van der Waals surface area contributed by atoms with Crippen LogP contribution in [0.15, 0.2) is 30.7 Å². The van der Waals surface area contributed by atoms with Gasteiger partial charge in [-0.15, -0.1) is 0 Å². The third-order valence-electron chi connectivity index (χ3n) is 4.63. The Hall–Kier alpha value is -2.37. The topological polar surface area (TPSA) is 63.1 Å². The maximum atomic E-state index is 12.4. The summed E-state index contributed by atoms with van der Waals surface area (Å²) in [5, 5.41) is 7.25. The average Bonchev–Trinajstić information content (AvgIpc) is 3.11. The van der Waals surface area contributed by atoms with Gasteiger partial charge in [-0.05, 0) is 49.3 Å². The van der Waals surface area contributed by atoms with Crippen molar-refractivity contribution in [3.63, 3.8) is 0 Å². The number of carbonyl (C=O) groups excluding carboxylic acids is 1. The van der Waals surface area contributed by atoms with Crippen LogP contribution in [-0.2, 0) is 0 Å². The van der Waals surface area contributed by atoms with Crippen molar-refractivity contribution in [3.05, 3.63) is 41.9 Å². The van der Waals surface area contributed by atoms with Gasteiger partial charge in [0.1, 0.15) is 5.82 Å². The molecule has 1 saturated carbocycles. The van der Waals surface area contributed by atoms with E-state index >= 15 is 0 Å². The minimum atomic E-state index is -0.0805. The molecule has 2 amide bonds. The van der Waals surface area contributed by atoms with E-state index in [4.69, 9.17) is 0 Å². The largest absolute Gasteiger partial charge is 0.323 e. The average molecular weight is 311 g/mol. The van der Waals surface area contributed by atoms with Crippen molar-refractivity contribution in [1.29, 1.82) is 0 Å². The van der Waals surface area contributed by atoms with Crippen LogP contribution in [0.5, 0.6) is 0 Å². The van der Waals surface area contributed by atoms with Gasteiger partial charge in [-0.2, -0.15) is 5.10 Å². The van der Waals surface area contributed by atoms with Crippen LogP contribution < -0.4 is 5.32 Å². The second-order valence-electron chi connectivity index (χ2n) is 6.57. The zero-order valence-electron chi connectivity index (χ0n) is 13.3. The van der Waals surface area contributed by atoms with Crippen LogP contribution in [-0.4, -0.2) is 38.8 Å². The van der Waals surface area contributed by atoms with Gasteiger partial charge in [-0.3, -0.25) is 10.00 Å². The molecule has 1 aliphatic heterocycles. The van der Waals surface area contributed by atoms with Gasteiger partial charge < -0.3 is 4.90 Å². The summed E-state index contributed by atoms with van der Waals surface area (Å²) >= 11 is 0. The van der Waals surface area contributed by atoms with Gasteiger partial charge in [0.25, 0.3) is 0 Å². The second-order valence-corrected chi connectivity index (χ2v) is 6.57. The molecule has 1 saturated heterocycles. The van der Waals surface area contributed by atoms with Crippen LogP contribution in [0.1, 0.15) is 42.3 Å². The summed E-state index contributed by atoms with van der Waals surface area (Å²) in [6.07, 6.45) is 9.22. The van der Waals surface area contributed by atoms with Crippen molar-refractivity contribution in [3.8, 4) is 0 Å². The highest BCUT2D eigenvalue weighted by Gasteiger charge is 2.28. The molecule has 6 heteroatoms. The molecule has 6 nitrogen and oxygen atoms in total. The van der Waals surface area contributed by atoms with Crippen molar-refractivity contribution < 1.29 is 4.79 Å². The predicted molar refractivity (Wildman–Crippen MR) is 87.4 cm³/mol. The normalized spacial score (nSPS) is 20.7. The molecular formula is C17H21N5O. The van der Waals surface area contributed by atoms with Crippen LogP contribution in [0.25, 0.3) is 0 Å². The summed E-state index contributed by atoms with van der Waals surface area (Å²) < 4.78 is 1.96. The molecule has 2 aromatic heterocycles. The van der Waals surface area contributed by atoms with E-state index in [1.54, 1.807) is 0 Å². The van der Waals surface area contributed by atoms with Crippen LogP contribution in [0.4, 0.5) is 10.6 Å². The number of pyridine rings is 1. The number of amides is 2. The highest BCUT2D eigenvalue weighted by molar-refractivity contribution is 5.88. The van der Waals surface area contributed by atoms with Gasteiger partial charge in [0.05, 0.1) is 12.2 Å². The van der Waals surface area contributed by atoms with E-state index in [0.717, 1.165) is 18.5 Å². The van der Waals surface area contributed by atoms with Gasteiger partial charge in [0.15, 0.2) is 0 Å². The third kappa shape index (κ3) is 3.06. The first-order valence-corrected chi connectivity index (χ1v) is 8.21. The molecule has 2 fully saturated rings. The number of urea groups is 1. The molecule has 0 aromatic carbocycles. The molecule has 1 unspecified atom stereocenters. The Kier molecular flexibility index (Phi) is 3.52. The number of hydrogen-bond donors (Lipinski definition) is 1. The quantitative estimate of drug-likeness (QED) is 0.948. The maximum Gasteiger partial charge on any atom is 0.323 e. The van der Waals surface area contributed by atoms with Gasteiger partial charge >= 0.3 is 6.03 Å². The number of anilines is 1. The molecule has 1 aliphatic carbocycles.